The number of nitrogens with zero attached hydrogens (tertiary/aromatic N) is 2. The van der Waals surface area contributed by atoms with E-state index in [1.807, 2.05) is 0 Å². The Morgan fingerprint density at radius 2 is 1.05 bits per heavy atom. The van der Waals surface area contributed by atoms with E-state index < -0.39 is 0 Å². The van der Waals surface area contributed by atoms with Gasteiger partial charge in [0.2, 0.25) is 0 Å². The highest BCUT2D eigenvalue weighted by Gasteiger charge is 2.37. The van der Waals surface area contributed by atoms with Gasteiger partial charge >= 0.3 is 12.2 Å². The number of carbonyl (C=O) groups excluding carboxylic acids is 2. The molecule has 2 saturated heterocycles. The maximum Gasteiger partial charge on any atom is 0.409 e. The topological polar surface area (TPSA) is 59.1 Å². The van der Waals surface area contributed by atoms with Crippen molar-refractivity contribution in [2.75, 3.05) is 27.2 Å². The van der Waals surface area contributed by atoms with E-state index in [1.165, 1.54) is 0 Å². The Bertz CT molecular complexity index is 383. The smallest absolute Gasteiger partial charge is 0.409 e. The fourth-order valence-corrected chi connectivity index (χ4v) is 2.05. The molecule has 2 heterocycles. The average molecular weight is 314 g/mol. The molecule has 6 nitrogen and oxygen atoms in total. The Morgan fingerprint density at radius 3 is 1.14 bits per heavy atom. The van der Waals surface area contributed by atoms with Gasteiger partial charge in [0, 0.05) is 24.9 Å². The average Bonchev–Trinajstić information content (AvgIpc) is 2.84. The number of hydrogen-bond acceptors (Lipinski definition) is 4. The van der Waals surface area contributed by atoms with Crippen LogP contribution in [-0.2, 0) is 9.47 Å². The molecule has 0 unspecified atom stereocenters. The van der Waals surface area contributed by atoms with Crippen LogP contribution in [0.5, 0.6) is 0 Å². The monoisotopic (exact) mass is 314 g/mol. The summed E-state index contributed by atoms with van der Waals surface area (Å²) in [4.78, 5) is 25.1. The van der Waals surface area contributed by atoms with E-state index in [0.717, 1.165) is 0 Å². The number of amides is 2. The molecule has 0 aromatic carbocycles. The molecule has 2 aliphatic heterocycles. The maximum absolute atomic E-state index is 10.9. The summed E-state index contributed by atoms with van der Waals surface area (Å²) in [5, 5.41) is 0. The van der Waals surface area contributed by atoms with E-state index >= 15 is 0 Å². The molecule has 0 spiro atoms. The highest BCUT2D eigenvalue weighted by molar-refractivity contribution is 5.69. The van der Waals surface area contributed by atoms with Crippen LogP contribution in [0.25, 0.3) is 0 Å². The van der Waals surface area contributed by atoms with Gasteiger partial charge < -0.3 is 19.3 Å². The lowest BCUT2D eigenvalue weighted by Gasteiger charge is -2.23. The summed E-state index contributed by atoms with van der Waals surface area (Å²) in [5.41, 5.74) is 0.112. The Hall–Kier alpha value is -1.46. The molecule has 0 radical (unpaired) electrons. The molecule has 2 amide bonds. The van der Waals surface area contributed by atoms with Crippen LogP contribution < -0.4 is 0 Å². The lowest BCUT2D eigenvalue weighted by atomic mass is 9.89. The van der Waals surface area contributed by atoms with E-state index in [4.69, 9.17) is 9.47 Å². The molecule has 6 heteroatoms. The first-order chi connectivity index (χ1) is 9.82. The summed E-state index contributed by atoms with van der Waals surface area (Å²) >= 11 is 0. The van der Waals surface area contributed by atoms with Gasteiger partial charge in [0.05, 0.1) is 13.1 Å². The van der Waals surface area contributed by atoms with Crippen LogP contribution in [0.2, 0.25) is 0 Å². The standard InChI is InChI=1S/2C8H15NO2/c2*1-8(2,3)6-5-9(4)7(10)11-6/h2*6H,5H2,1-4H3/t2*6-/m10/s1. The van der Waals surface area contributed by atoms with E-state index in [2.05, 4.69) is 41.5 Å². The van der Waals surface area contributed by atoms with Crippen molar-refractivity contribution in [3.8, 4) is 0 Å². The van der Waals surface area contributed by atoms with Gasteiger partial charge in [0.1, 0.15) is 12.2 Å². The van der Waals surface area contributed by atoms with Crippen molar-refractivity contribution in [2.24, 2.45) is 10.8 Å². The van der Waals surface area contributed by atoms with E-state index in [-0.39, 0.29) is 35.2 Å². The van der Waals surface area contributed by atoms with Gasteiger partial charge in [-0.1, -0.05) is 41.5 Å². The Labute approximate surface area is 133 Å². The number of hydrogen-bond donors (Lipinski definition) is 0. The van der Waals surface area contributed by atoms with Crippen molar-refractivity contribution in [1.29, 1.82) is 0 Å². The third-order valence-corrected chi connectivity index (χ3v) is 3.92. The zero-order valence-corrected chi connectivity index (χ0v) is 15.1. The van der Waals surface area contributed by atoms with Crippen LogP contribution >= 0.6 is 0 Å². The number of likely N-dealkylation sites (N-methyl/N-ethyl adjacent to an activating group) is 2. The summed E-state index contributed by atoms with van der Waals surface area (Å²) < 4.78 is 10.2. The van der Waals surface area contributed by atoms with E-state index in [1.54, 1.807) is 23.9 Å². The third kappa shape index (κ3) is 4.78. The molecule has 0 bridgehead atoms. The van der Waals surface area contributed by atoms with Crippen LogP contribution in [-0.4, -0.2) is 61.4 Å². The minimum atomic E-state index is -0.204. The quantitative estimate of drug-likeness (QED) is 0.690. The van der Waals surface area contributed by atoms with Gasteiger partial charge in [-0.2, -0.15) is 0 Å². The van der Waals surface area contributed by atoms with Crippen molar-refractivity contribution in [2.45, 2.75) is 53.8 Å². The van der Waals surface area contributed by atoms with Gasteiger partial charge in [0.25, 0.3) is 0 Å². The third-order valence-electron chi connectivity index (χ3n) is 3.92. The lowest BCUT2D eigenvalue weighted by Crippen LogP contribution is -2.29. The predicted molar refractivity (Wildman–Crippen MR) is 84.7 cm³/mol. The van der Waals surface area contributed by atoms with Crippen molar-refractivity contribution < 1.29 is 19.1 Å². The molecule has 2 atom stereocenters. The Balaban J connectivity index is 0.000000220. The van der Waals surface area contributed by atoms with Crippen molar-refractivity contribution >= 4 is 12.2 Å². The largest absolute Gasteiger partial charge is 0.444 e. The first-order valence-corrected chi connectivity index (χ1v) is 7.66. The van der Waals surface area contributed by atoms with Crippen molar-refractivity contribution in [3.05, 3.63) is 0 Å². The van der Waals surface area contributed by atoms with Crippen LogP contribution in [0, 0.1) is 10.8 Å². The number of cyclic esters (lactones) is 2. The zero-order valence-electron chi connectivity index (χ0n) is 15.1. The first-order valence-electron chi connectivity index (χ1n) is 7.66. The van der Waals surface area contributed by atoms with Crippen LogP contribution in [0.4, 0.5) is 9.59 Å². The Morgan fingerprint density at radius 1 is 0.773 bits per heavy atom. The second-order valence-electron chi connectivity index (χ2n) is 8.24. The molecule has 2 fully saturated rings. The van der Waals surface area contributed by atoms with Gasteiger partial charge in [-0.05, 0) is 0 Å². The normalized spacial score (nSPS) is 25.6. The molecule has 22 heavy (non-hydrogen) atoms. The van der Waals surface area contributed by atoms with Crippen LogP contribution in [0.1, 0.15) is 41.5 Å². The number of ether oxygens (including phenoxy) is 2. The van der Waals surface area contributed by atoms with Gasteiger partial charge in [-0.15, -0.1) is 0 Å². The number of rotatable bonds is 0. The van der Waals surface area contributed by atoms with Crippen molar-refractivity contribution in [1.82, 2.24) is 9.80 Å². The SMILES string of the molecule is CN1C[C@@H](C(C)(C)C)OC1=O.CN1C[C@H](C(C)(C)C)OC1=O. The molecule has 128 valence electrons. The van der Waals surface area contributed by atoms with Gasteiger partial charge in [0.15, 0.2) is 0 Å². The molecule has 2 aliphatic rings. The molecule has 2 rings (SSSR count). The Kier molecular flexibility index (Phi) is 5.36. The summed E-state index contributed by atoms with van der Waals surface area (Å²) in [6.45, 7) is 13.9. The lowest BCUT2D eigenvalue weighted by molar-refractivity contribution is 0.0722. The highest BCUT2D eigenvalue weighted by atomic mass is 16.6. The second-order valence-corrected chi connectivity index (χ2v) is 8.24. The molecular formula is C16H30N2O4. The molecule has 0 aliphatic carbocycles. The fraction of sp³-hybridized carbons (Fsp3) is 0.875. The summed E-state index contributed by atoms with van der Waals surface area (Å²) in [6.07, 6.45) is -0.324. The summed E-state index contributed by atoms with van der Waals surface area (Å²) in [6, 6.07) is 0. The van der Waals surface area contributed by atoms with E-state index in [9.17, 15) is 9.59 Å². The molecule has 0 saturated carbocycles. The van der Waals surface area contributed by atoms with Crippen LogP contribution in [0.15, 0.2) is 0 Å². The predicted octanol–water partition coefficient (Wildman–Crippen LogP) is 2.97. The first kappa shape index (κ1) is 18.6. The van der Waals surface area contributed by atoms with Gasteiger partial charge in [-0.3, -0.25) is 0 Å². The van der Waals surface area contributed by atoms with Crippen LogP contribution in [0.3, 0.4) is 0 Å². The van der Waals surface area contributed by atoms with Crippen molar-refractivity contribution in [3.63, 3.8) is 0 Å². The minimum absolute atomic E-state index is 0.0417. The molecular weight excluding hydrogens is 284 g/mol. The number of carbonyl (C=O) groups is 2. The van der Waals surface area contributed by atoms with Gasteiger partial charge in [-0.25, -0.2) is 9.59 Å². The maximum atomic E-state index is 10.9. The second kappa shape index (κ2) is 6.34. The fourth-order valence-electron chi connectivity index (χ4n) is 2.05. The molecule has 0 N–H and O–H groups in total. The molecule has 0 aromatic rings. The zero-order chi connectivity index (χ0) is 17.3. The highest BCUT2D eigenvalue weighted by Crippen LogP contribution is 2.27. The summed E-state index contributed by atoms with van der Waals surface area (Å²) in [7, 11) is 3.52. The minimum Gasteiger partial charge on any atom is -0.444 e. The van der Waals surface area contributed by atoms with E-state index in [0.29, 0.717) is 13.1 Å². The molecule has 0 aromatic heterocycles. The summed E-state index contributed by atoms with van der Waals surface area (Å²) in [5.74, 6) is 0.